The Labute approximate surface area is 178 Å². The van der Waals surface area contributed by atoms with Crippen molar-refractivity contribution in [1.82, 2.24) is 4.98 Å². The number of nitrogens with zero attached hydrogens (tertiary/aromatic N) is 3. The van der Waals surface area contributed by atoms with Crippen molar-refractivity contribution in [1.29, 1.82) is 0 Å². The van der Waals surface area contributed by atoms with E-state index in [1.807, 2.05) is 28.0 Å². The average Bonchev–Trinajstić information content (AvgIpc) is 2.95. The highest BCUT2D eigenvalue weighted by atomic mass is 35.5. The first-order valence-electron chi connectivity index (χ1n) is 10.2. The molecule has 0 unspecified atom stereocenters. The van der Waals surface area contributed by atoms with Gasteiger partial charge in [0.2, 0.25) is 5.91 Å². The number of anilines is 2. The molecule has 0 saturated carbocycles. The van der Waals surface area contributed by atoms with Crippen molar-refractivity contribution in [3.63, 3.8) is 0 Å². The van der Waals surface area contributed by atoms with E-state index in [2.05, 4.69) is 4.98 Å². The summed E-state index contributed by atoms with van der Waals surface area (Å²) < 4.78 is 39.0. The molecule has 0 atom stereocenters. The molecule has 3 heterocycles. The van der Waals surface area contributed by atoms with E-state index in [4.69, 9.17) is 11.6 Å². The lowest BCUT2D eigenvalue weighted by Crippen LogP contribution is -2.43. The van der Waals surface area contributed by atoms with E-state index >= 15 is 0 Å². The number of rotatable bonds is 2. The zero-order valence-electron chi connectivity index (χ0n) is 16.5. The monoisotopic (exact) mass is 437 g/mol. The maximum atomic E-state index is 13.3. The number of halogens is 4. The third-order valence-electron chi connectivity index (χ3n) is 5.92. The molecular weight excluding hydrogens is 415 g/mol. The van der Waals surface area contributed by atoms with Crippen LogP contribution in [-0.2, 0) is 17.4 Å². The number of aromatic nitrogens is 1. The summed E-state index contributed by atoms with van der Waals surface area (Å²) in [6, 6.07) is 7.72. The smallest absolute Gasteiger partial charge is 0.357 e. The summed E-state index contributed by atoms with van der Waals surface area (Å²) in [7, 11) is 0. The van der Waals surface area contributed by atoms with Crippen LogP contribution in [0.2, 0.25) is 5.02 Å². The molecule has 4 rings (SSSR count). The first-order valence-corrected chi connectivity index (χ1v) is 10.6. The fourth-order valence-electron chi connectivity index (χ4n) is 4.30. The molecule has 4 nitrogen and oxygen atoms in total. The van der Waals surface area contributed by atoms with E-state index < -0.39 is 11.7 Å². The third-order valence-corrected chi connectivity index (χ3v) is 6.15. The van der Waals surface area contributed by atoms with E-state index in [-0.39, 0.29) is 11.8 Å². The van der Waals surface area contributed by atoms with Crippen LogP contribution in [0.1, 0.15) is 36.8 Å². The number of carbonyl (C=O) groups excluding carboxylic acids is 1. The number of pyridine rings is 1. The second kappa shape index (κ2) is 8.46. The first-order chi connectivity index (χ1) is 14.3. The standard InChI is InChI=1S/C22H23ClF3N3O/c23-18-4-5-19-16(13-18)3-1-2-10-29(19)21(30)15-7-11-28(12-8-15)20-14-17(6-9-27-20)22(24,25)26/h4-6,9,13-15H,1-3,7-8,10-12H2. The lowest BCUT2D eigenvalue weighted by molar-refractivity contribution is -0.137. The number of fused-ring (bicyclic) bond motifs is 1. The van der Waals surface area contributed by atoms with Crippen molar-refractivity contribution in [3.8, 4) is 0 Å². The highest BCUT2D eigenvalue weighted by Crippen LogP contribution is 2.34. The van der Waals surface area contributed by atoms with E-state index in [0.717, 1.165) is 42.6 Å². The Morgan fingerprint density at radius 1 is 1.07 bits per heavy atom. The molecule has 1 saturated heterocycles. The minimum Gasteiger partial charge on any atom is -0.357 e. The van der Waals surface area contributed by atoms with E-state index in [1.54, 1.807) is 0 Å². The molecule has 0 aliphatic carbocycles. The number of benzene rings is 1. The van der Waals surface area contributed by atoms with Crippen molar-refractivity contribution in [2.75, 3.05) is 29.4 Å². The van der Waals surface area contributed by atoms with Gasteiger partial charge in [-0.1, -0.05) is 11.6 Å². The Morgan fingerprint density at radius 3 is 2.57 bits per heavy atom. The number of piperidine rings is 1. The summed E-state index contributed by atoms with van der Waals surface area (Å²) in [5, 5.41) is 0.671. The van der Waals surface area contributed by atoms with Crippen LogP contribution in [0.4, 0.5) is 24.7 Å². The first kappa shape index (κ1) is 21.0. The lowest BCUT2D eigenvalue weighted by Gasteiger charge is -2.35. The van der Waals surface area contributed by atoms with Gasteiger partial charge in [0, 0.05) is 42.5 Å². The van der Waals surface area contributed by atoms with E-state index in [9.17, 15) is 18.0 Å². The lowest BCUT2D eigenvalue weighted by atomic mass is 9.94. The molecule has 160 valence electrons. The van der Waals surface area contributed by atoms with Gasteiger partial charge in [-0.15, -0.1) is 0 Å². The van der Waals surface area contributed by atoms with Crippen LogP contribution in [0.5, 0.6) is 0 Å². The number of hydrogen-bond acceptors (Lipinski definition) is 3. The minimum absolute atomic E-state index is 0.0946. The molecule has 0 bridgehead atoms. The van der Waals surface area contributed by atoms with Gasteiger partial charge >= 0.3 is 6.18 Å². The molecule has 1 fully saturated rings. The van der Waals surface area contributed by atoms with Gasteiger partial charge in [-0.3, -0.25) is 4.79 Å². The molecule has 2 aliphatic rings. The topological polar surface area (TPSA) is 36.4 Å². The molecule has 1 aromatic carbocycles. The fraction of sp³-hybridized carbons (Fsp3) is 0.455. The van der Waals surface area contributed by atoms with Gasteiger partial charge < -0.3 is 9.80 Å². The van der Waals surface area contributed by atoms with Gasteiger partial charge in [-0.05, 0) is 68.0 Å². The van der Waals surface area contributed by atoms with Crippen molar-refractivity contribution in [3.05, 3.63) is 52.7 Å². The van der Waals surface area contributed by atoms with Gasteiger partial charge in [0.1, 0.15) is 5.82 Å². The van der Waals surface area contributed by atoms with Gasteiger partial charge in [-0.2, -0.15) is 13.2 Å². The molecule has 2 aromatic rings. The molecular formula is C22H23ClF3N3O. The maximum Gasteiger partial charge on any atom is 0.416 e. The molecule has 0 N–H and O–H groups in total. The van der Waals surface area contributed by atoms with Crippen LogP contribution < -0.4 is 9.80 Å². The number of hydrogen-bond donors (Lipinski definition) is 0. The van der Waals surface area contributed by atoms with Crippen LogP contribution >= 0.6 is 11.6 Å². The second-order valence-corrected chi connectivity index (χ2v) is 8.32. The number of alkyl halides is 3. The van der Waals surface area contributed by atoms with Crippen LogP contribution in [0.3, 0.4) is 0 Å². The molecule has 8 heteroatoms. The Morgan fingerprint density at radius 2 is 1.83 bits per heavy atom. The zero-order valence-corrected chi connectivity index (χ0v) is 17.2. The van der Waals surface area contributed by atoms with Crippen molar-refractivity contribution < 1.29 is 18.0 Å². The Kier molecular flexibility index (Phi) is 5.91. The molecule has 1 aromatic heterocycles. The van der Waals surface area contributed by atoms with E-state index in [0.29, 0.717) is 43.3 Å². The van der Waals surface area contributed by atoms with Crippen molar-refractivity contribution >= 4 is 29.0 Å². The predicted octanol–water partition coefficient (Wildman–Crippen LogP) is 5.34. The number of aryl methyl sites for hydroxylation is 1. The van der Waals surface area contributed by atoms with Crippen LogP contribution in [-0.4, -0.2) is 30.5 Å². The Hall–Kier alpha value is -2.28. The maximum absolute atomic E-state index is 13.3. The SMILES string of the molecule is O=C(C1CCN(c2cc(C(F)(F)F)ccn2)CC1)N1CCCCc2cc(Cl)ccc21. The number of carbonyl (C=O) groups is 1. The third kappa shape index (κ3) is 4.41. The Balaban J connectivity index is 1.45. The summed E-state index contributed by atoms with van der Waals surface area (Å²) >= 11 is 6.13. The summed E-state index contributed by atoms with van der Waals surface area (Å²) in [5.41, 5.74) is 1.33. The van der Waals surface area contributed by atoms with Crippen LogP contribution in [0.15, 0.2) is 36.5 Å². The quantitative estimate of drug-likeness (QED) is 0.636. The van der Waals surface area contributed by atoms with Gasteiger partial charge in [-0.25, -0.2) is 4.98 Å². The van der Waals surface area contributed by atoms with Crippen molar-refractivity contribution in [2.45, 2.75) is 38.3 Å². The van der Waals surface area contributed by atoms with E-state index in [1.165, 1.54) is 6.20 Å². The highest BCUT2D eigenvalue weighted by Gasteiger charge is 2.33. The Bertz CT molecular complexity index is 926. The van der Waals surface area contributed by atoms with Gasteiger partial charge in [0.25, 0.3) is 0 Å². The summed E-state index contributed by atoms with van der Waals surface area (Å²) in [4.78, 5) is 21.1. The van der Waals surface area contributed by atoms with Crippen LogP contribution in [0, 0.1) is 5.92 Å². The predicted molar refractivity (Wildman–Crippen MR) is 111 cm³/mol. The largest absolute Gasteiger partial charge is 0.416 e. The minimum atomic E-state index is -4.39. The normalized spacial score (nSPS) is 18.1. The van der Waals surface area contributed by atoms with Gasteiger partial charge in [0.15, 0.2) is 0 Å². The second-order valence-electron chi connectivity index (χ2n) is 7.88. The molecule has 0 radical (unpaired) electrons. The summed E-state index contributed by atoms with van der Waals surface area (Å²) in [5.74, 6) is 0.260. The zero-order chi connectivity index (χ0) is 21.3. The van der Waals surface area contributed by atoms with Crippen molar-refractivity contribution in [2.24, 2.45) is 5.92 Å². The summed E-state index contributed by atoms with van der Waals surface area (Å²) in [6.45, 7) is 1.70. The van der Waals surface area contributed by atoms with Gasteiger partial charge in [0.05, 0.1) is 5.56 Å². The average molecular weight is 438 g/mol. The molecule has 1 amide bonds. The van der Waals surface area contributed by atoms with Crippen LogP contribution in [0.25, 0.3) is 0 Å². The molecule has 2 aliphatic heterocycles. The summed E-state index contributed by atoms with van der Waals surface area (Å²) in [6.07, 6.45) is 0.831. The molecule has 0 spiro atoms. The highest BCUT2D eigenvalue weighted by molar-refractivity contribution is 6.30. The number of amides is 1. The molecule has 30 heavy (non-hydrogen) atoms. The fourth-order valence-corrected chi connectivity index (χ4v) is 4.49.